The van der Waals surface area contributed by atoms with Gasteiger partial charge in [0.15, 0.2) is 0 Å². The van der Waals surface area contributed by atoms with Crippen LogP contribution in [0.4, 0.5) is 5.69 Å². The molecule has 0 radical (unpaired) electrons. The Labute approximate surface area is 104 Å². The van der Waals surface area contributed by atoms with Crippen LogP contribution in [0.5, 0.6) is 0 Å². The number of carboxylic acid groups (broad SMARTS) is 1. The van der Waals surface area contributed by atoms with Crippen LogP contribution in [0.3, 0.4) is 0 Å². The van der Waals surface area contributed by atoms with Crippen molar-refractivity contribution in [2.45, 2.75) is 13.5 Å². The van der Waals surface area contributed by atoms with Gasteiger partial charge in [0.1, 0.15) is 6.54 Å². The number of aliphatic carboxylic acids is 1. The standard InChI is InChI=1S/C11H12BNO5/c1-7(14)13(5-10(15)16)9-4-2-3-8-6-18-12(17)11(8)9/h2-4,17H,5-6H2,1H3,(H,15,16). The van der Waals surface area contributed by atoms with Crippen LogP contribution in [0.1, 0.15) is 12.5 Å². The zero-order chi connectivity index (χ0) is 13.3. The van der Waals surface area contributed by atoms with Gasteiger partial charge in [0.25, 0.3) is 0 Å². The van der Waals surface area contributed by atoms with Crippen LogP contribution >= 0.6 is 0 Å². The third-order valence-electron chi connectivity index (χ3n) is 2.78. The van der Waals surface area contributed by atoms with E-state index in [1.807, 2.05) is 0 Å². The van der Waals surface area contributed by atoms with Crippen molar-refractivity contribution < 1.29 is 24.4 Å². The molecule has 1 aromatic rings. The molecule has 2 rings (SSSR count). The summed E-state index contributed by atoms with van der Waals surface area (Å²) < 4.78 is 5.07. The summed E-state index contributed by atoms with van der Waals surface area (Å²) in [5.74, 6) is -1.51. The Kier molecular flexibility index (Phi) is 3.35. The smallest absolute Gasteiger partial charge is 0.480 e. The van der Waals surface area contributed by atoms with Crippen molar-refractivity contribution in [1.29, 1.82) is 0 Å². The first-order valence-corrected chi connectivity index (χ1v) is 5.42. The summed E-state index contributed by atoms with van der Waals surface area (Å²) in [4.78, 5) is 23.4. The van der Waals surface area contributed by atoms with Gasteiger partial charge in [0, 0.05) is 18.1 Å². The number of hydrogen-bond acceptors (Lipinski definition) is 4. The van der Waals surface area contributed by atoms with E-state index >= 15 is 0 Å². The average molecular weight is 249 g/mol. The highest BCUT2D eigenvalue weighted by Crippen LogP contribution is 2.20. The Bertz CT molecular complexity index is 504. The molecule has 1 heterocycles. The van der Waals surface area contributed by atoms with Crippen LogP contribution in [0.2, 0.25) is 0 Å². The highest BCUT2D eigenvalue weighted by atomic mass is 16.5. The Balaban J connectivity index is 2.46. The van der Waals surface area contributed by atoms with Crippen molar-refractivity contribution in [1.82, 2.24) is 0 Å². The Morgan fingerprint density at radius 3 is 2.83 bits per heavy atom. The second kappa shape index (κ2) is 4.79. The number of amides is 1. The number of rotatable bonds is 3. The third-order valence-corrected chi connectivity index (χ3v) is 2.78. The molecule has 1 aromatic carbocycles. The molecule has 1 amide bonds. The fourth-order valence-electron chi connectivity index (χ4n) is 2.00. The quantitative estimate of drug-likeness (QED) is 0.694. The lowest BCUT2D eigenvalue weighted by atomic mass is 9.78. The molecule has 2 N–H and O–H groups in total. The molecule has 0 aromatic heterocycles. The van der Waals surface area contributed by atoms with Gasteiger partial charge in [-0.2, -0.15) is 0 Å². The van der Waals surface area contributed by atoms with Crippen LogP contribution in [0.15, 0.2) is 18.2 Å². The maximum Gasteiger partial charge on any atom is 0.493 e. The molecule has 18 heavy (non-hydrogen) atoms. The van der Waals surface area contributed by atoms with Gasteiger partial charge in [0.05, 0.1) is 6.61 Å². The van der Waals surface area contributed by atoms with Crippen LogP contribution < -0.4 is 10.4 Å². The molecule has 0 spiro atoms. The second-order valence-electron chi connectivity index (χ2n) is 4.01. The van der Waals surface area contributed by atoms with Crippen LogP contribution in [0, 0.1) is 0 Å². The summed E-state index contributed by atoms with van der Waals surface area (Å²) in [6.07, 6.45) is 0. The first-order valence-electron chi connectivity index (χ1n) is 5.42. The molecule has 6 nitrogen and oxygen atoms in total. The van der Waals surface area contributed by atoms with E-state index in [1.54, 1.807) is 18.2 Å². The van der Waals surface area contributed by atoms with Gasteiger partial charge in [0.2, 0.25) is 5.91 Å². The molecular formula is C11H12BNO5. The van der Waals surface area contributed by atoms with Gasteiger partial charge in [-0.25, -0.2) is 0 Å². The molecule has 1 aliphatic heterocycles. The fourth-order valence-corrected chi connectivity index (χ4v) is 2.00. The number of carbonyl (C=O) groups is 2. The van der Waals surface area contributed by atoms with E-state index in [0.29, 0.717) is 11.2 Å². The Morgan fingerprint density at radius 1 is 1.50 bits per heavy atom. The van der Waals surface area contributed by atoms with Crippen molar-refractivity contribution in [2.75, 3.05) is 11.4 Å². The number of carbonyl (C=O) groups excluding carboxylic acids is 1. The lowest BCUT2D eigenvalue weighted by Gasteiger charge is -2.21. The number of anilines is 1. The molecule has 0 saturated carbocycles. The van der Waals surface area contributed by atoms with Crippen molar-refractivity contribution >= 4 is 30.1 Å². The zero-order valence-electron chi connectivity index (χ0n) is 9.79. The van der Waals surface area contributed by atoms with Gasteiger partial charge < -0.3 is 19.7 Å². The topological polar surface area (TPSA) is 87.1 Å². The first kappa shape index (κ1) is 12.6. The van der Waals surface area contributed by atoms with Gasteiger partial charge in [-0.1, -0.05) is 12.1 Å². The highest BCUT2D eigenvalue weighted by Gasteiger charge is 2.33. The van der Waals surface area contributed by atoms with Crippen LogP contribution in [-0.2, 0) is 20.9 Å². The molecule has 1 aliphatic rings. The second-order valence-corrected chi connectivity index (χ2v) is 4.01. The van der Waals surface area contributed by atoms with Gasteiger partial charge >= 0.3 is 13.1 Å². The van der Waals surface area contributed by atoms with Crippen molar-refractivity contribution in [2.24, 2.45) is 0 Å². The predicted molar refractivity (Wildman–Crippen MR) is 64.5 cm³/mol. The fraction of sp³-hybridized carbons (Fsp3) is 0.273. The molecule has 0 bridgehead atoms. The van der Waals surface area contributed by atoms with Gasteiger partial charge in [-0.05, 0) is 11.6 Å². The monoisotopic (exact) mass is 249 g/mol. The van der Waals surface area contributed by atoms with Crippen molar-refractivity contribution in [3.8, 4) is 0 Å². The van der Waals surface area contributed by atoms with Crippen molar-refractivity contribution in [3.05, 3.63) is 23.8 Å². The lowest BCUT2D eigenvalue weighted by molar-refractivity contribution is -0.136. The minimum Gasteiger partial charge on any atom is -0.480 e. The number of fused-ring (bicyclic) bond motifs is 1. The summed E-state index contributed by atoms with van der Waals surface area (Å²) in [6.45, 7) is 1.09. The molecule has 0 atom stereocenters. The largest absolute Gasteiger partial charge is 0.493 e. The molecule has 0 saturated heterocycles. The lowest BCUT2D eigenvalue weighted by Crippen LogP contribution is -2.41. The maximum atomic E-state index is 11.5. The number of nitrogens with zero attached hydrogens (tertiary/aromatic N) is 1. The molecule has 0 fully saturated rings. The first-order chi connectivity index (χ1) is 8.50. The minimum absolute atomic E-state index is 0.253. The molecule has 0 aliphatic carbocycles. The van der Waals surface area contributed by atoms with E-state index in [9.17, 15) is 14.6 Å². The zero-order valence-corrected chi connectivity index (χ0v) is 9.79. The van der Waals surface area contributed by atoms with Crippen LogP contribution in [-0.4, -0.2) is 35.7 Å². The Hall–Kier alpha value is -1.86. The number of hydrogen-bond donors (Lipinski definition) is 2. The van der Waals surface area contributed by atoms with Gasteiger partial charge in [-0.15, -0.1) is 0 Å². The molecule has 94 valence electrons. The van der Waals surface area contributed by atoms with E-state index in [-0.39, 0.29) is 6.61 Å². The van der Waals surface area contributed by atoms with E-state index in [2.05, 4.69) is 0 Å². The third kappa shape index (κ3) is 2.22. The van der Waals surface area contributed by atoms with E-state index in [4.69, 9.17) is 9.76 Å². The van der Waals surface area contributed by atoms with E-state index in [0.717, 1.165) is 10.5 Å². The van der Waals surface area contributed by atoms with E-state index in [1.165, 1.54) is 6.92 Å². The average Bonchev–Trinajstić information content (AvgIpc) is 2.68. The van der Waals surface area contributed by atoms with Crippen molar-refractivity contribution in [3.63, 3.8) is 0 Å². The predicted octanol–water partition coefficient (Wildman–Crippen LogP) is -0.658. The van der Waals surface area contributed by atoms with Gasteiger partial charge in [-0.3, -0.25) is 9.59 Å². The number of carboxylic acids is 1. The highest BCUT2D eigenvalue weighted by molar-refractivity contribution is 6.63. The summed E-state index contributed by atoms with van der Waals surface area (Å²) in [5, 5.41) is 18.5. The number of benzene rings is 1. The summed E-state index contributed by atoms with van der Waals surface area (Å²) in [7, 11) is -1.12. The van der Waals surface area contributed by atoms with E-state index < -0.39 is 25.5 Å². The minimum atomic E-state index is -1.12. The summed E-state index contributed by atoms with van der Waals surface area (Å²) in [5.41, 5.74) is 1.61. The molecular weight excluding hydrogens is 237 g/mol. The van der Waals surface area contributed by atoms with Crippen LogP contribution in [0.25, 0.3) is 0 Å². The molecule has 0 unspecified atom stereocenters. The SMILES string of the molecule is CC(=O)N(CC(=O)O)c1cccc2c1B(O)OC2. The summed E-state index contributed by atoms with van der Waals surface area (Å²) >= 11 is 0. The summed E-state index contributed by atoms with van der Waals surface area (Å²) in [6, 6.07) is 5.07. The maximum absolute atomic E-state index is 11.5. The normalized spacial score (nSPS) is 13.3. The molecule has 7 heteroatoms. The Morgan fingerprint density at radius 2 is 2.22 bits per heavy atom.